The fourth-order valence-electron chi connectivity index (χ4n) is 3.04. The molecule has 0 radical (unpaired) electrons. The van der Waals surface area contributed by atoms with Crippen LogP contribution in [-0.2, 0) is 19.7 Å². The van der Waals surface area contributed by atoms with E-state index in [0.717, 1.165) is 0 Å². The first kappa shape index (κ1) is 18.5. The first-order chi connectivity index (χ1) is 11.4. The molecule has 0 atom stereocenters. The fourth-order valence-corrected chi connectivity index (χ4v) is 3.04. The van der Waals surface area contributed by atoms with Crippen molar-refractivity contribution in [1.29, 1.82) is 0 Å². The first-order valence-electron chi connectivity index (χ1n) is 8.49. The normalized spacial score (nSPS) is 17.2. The average Bonchev–Trinajstić information content (AvgIpc) is 2.60. The number of amides is 1. The minimum atomic E-state index is -0.886. The van der Waals surface area contributed by atoms with Gasteiger partial charge in [-0.25, -0.2) is 0 Å². The summed E-state index contributed by atoms with van der Waals surface area (Å²) < 4.78 is 5.25. The number of hydrogen-bond acceptors (Lipinski definition) is 3. The molecule has 1 aliphatic heterocycles. The lowest BCUT2D eigenvalue weighted by Crippen LogP contribution is -2.46. The molecule has 132 valence electrons. The van der Waals surface area contributed by atoms with Crippen LogP contribution < -0.4 is 5.32 Å². The van der Waals surface area contributed by atoms with E-state index in [2.05, 4.69) is 31.3 Å². The van der Waals surface area contributed by atoms with Crippen molar-refractivity contribution in [3.63, 3.8) is 0 Å². The molecule has 0 saturated carbocycles. The van der Waals surface area contributed by atoms with Crippen molar-refractivity contribution < 1.29 is 19.4 Å². The number of hydrogen-bond donors (Lipinski definition) is 2. The van der Waals surface area contributed by atoms with Crippen molar-refractivity contribution in [3.8, 4) is 0 Å². The minimum absolute atomic E-state index is 0.0916. The van der Waals surface area contributed by atoms with Gasteiger partial charge in [0.15, 0.2) is 0 Å². The zero-order valence-corrected chi connectivity index (χ0v) is 14.5. The molecule has 1 saturated heterocycles. The topological polar surface area (TPSA) is 75.6 Å². The van der Waals surface area contributed by atoms with Gasteiger partial charge in [-0.3, -0.25) is 9.59 Å². The van der Waals surface area contributed by atoms with E-state index >= 15 is 0 Å². The third-order valence-corrected chi connectivity index (χ3v) is 5.06. The number of carbonyl (C=O) groups excluding carboxylic acids is 1. The maximum atomic E-state index is 12.2. The van der Waals surface area contributed by atoms with E-state index in [1.54, 1.807) is 0 Å². The van der Waals surface area contributed by atoms with Gasteiger partial charge >= 0.3 is 5.97 Å². The zero-order chi connectivity index (χ0) is 17.6. The summed E-state index contributed by atoms with van der Waals surface area (Å²) in [6, 6.07) is 10.1. The Hall–Kier alpha value is -1.88. The van der Waals surface area contributed by atoms with Crippen molar-refractivity contribution >= 4 is 11.9 Å². The molecule has 0 spiro atoms. The second kappa shape index (κ2) is 7.79. The summed E-state index contributed by atoms with van der Waals surface area (Å²) >= 11 is 0. The largest absolute Gasteiger partial charge is 0.481 e. The maximum absolute atomic E-state index is 12.2. The highest BCUT2D eigenvalue weighted by Gasteiger charge is 2.40. The lowest BCUT2D eigenvalue weighted by atomic mass is 9.79. The van der Waals surface area contributed by atoms with E-state index in [-0.39, 0.29) is 17.9 Å². The molecule has 1 amide bonds. The van der Waals surface area contributed by atoms with Crippen molar-refractivity contribution in [3.05, 3.63) is 35.9 Å². The summed E-state index contributed by atoms with van der Waals surface area (Å²) in [4.78, 5) is 23.8. The van der Waals surface area contributed by atoms with Gasteiger partial charge in [-0.05, 0) is 30.2 Å². The molecule has 1 aliphatic rings. The number of carboxylic acids is 1. The van der Waals surface area contributed by atoms with Gasteiger partial charge < -0.3 is 15.2 Å². The van der Waals surface area contributed by atoms with Gasteiger partial charge in [0.1, 0.15) is 0 Å². The molecular formula is C19H27NO4. The highest BCUT2D eigenvalue weighted by Crippen LogP contribution is 2.31. The zero-order valence-electron chi connectivity index (χ0n) is 14.5. The predicted octanol–water partition coefficient (Wildman–Crippen LogP) is 2.74. The summed E-state index contributed by atoms with van der Waals surface area (Å²) in [5.74, 6) is -0.943. The molecule has 1 heterocycles. The van der Waals surface area contributed by atoms with Gasteiger partial charge in [0, 0.05) is 26.2 Å². The Morgan fingerprint density at radius 1 is 1.21 bits per heavy atom. The van der Waals surface area contributed by atoms with E-state index in [0.29, 0.717) is 38.9 Å². The minimum Gasteiger partial charge on any atom is -0.481 e. The predicted molar refractivity (Wildman–Crippen MR) is 91.8 cm³/mol. The maximum Gasteiger partial charge on any atom is 0.311 e. The van der Waals surface area contributed by atoms with E-state index in [4.69, 9.17) is 4.74 Å². The molecule has 1 fully saturated rings. The van der Waals surface area contributed by atoms with E-state index < -0.39 is 11.4 Å². The number of aliphatic carboxylic acids is 1. The van der Waals surface area contributed by atoms with Crippen LogP contribution in [0.25, 0.3) is 0 Å². The summed E-state index contributed by atoms with van der Waals surface area (Å²) in [5.41, 5.74) is 0.217. The number of carbonyl (C=O) groups is 2. The van der Waals surface area contributed by atoms with Crippen LogP contribution in [-0.4, -0.2) is 36.7 Å². The van der Waals surface area contributed by atoms with Crippen LogP contribution in [0, 0.1) is 5.41 Å². The number of nitrogens with one attached hydrogen (secondary N) is 1. The van der Waals surface area contributed by atoms with Crippen LogP contribution in [0.5, 0.6) is 0 Å². The molecule has 0 aromatic heterocycles. The highest BCUT2D eigenvalue weighted by atomic mass is 16.5. The van der Waals surface area contributed by atoms with Gasteiger partial charge in [-0.2, -0.15) is 0 Å². The summed E-state index contributed by atoms with van der Waals surface area (Å²) in [6.07, 6.45) is 1.98. The van der Waals surface area contributed by atoms with Crippen LogP contribution in [0.15, 0.2) is 30.3 Å². The molecule has 0 unspecified atom stereocenters. The highest BCUT2D eigenvalue weighted by molar-refractivity contribution is 5.79. The van der Waals surface area contributed by atoms with Crippen LogP contribution in [0.4, 0.5) is 0 Å². The molecule has 0 bridgehead atoms. The van der Waals surface area contributed by atoms with Gasteiger partial charge in [0.05, 0.1) is 5.41 Å². The SMILES string of the molecule is CC(C)(CCC(=O)NCC1(C(=O)O)CCOCC1)c1ccccc1. The lowest BCUT2D eigenvalue weighted by molar-refractivity contribution is -0.154. The third kappa shape index (κ3) is 4.57. The van der Waals surface area contributed by atoms with E-state index in [1.807, 2.05) is 18.2 Å². The molecule has 1 aromatic rings. The van der Waals surface area contributed by atoms with Crippen molar-refractivity contribution in [2.45, 2.75) is 44.9 Å². The van der Waals surface area contributed by atoms with Crippen molar-refractivity contribution in [1.82, 2.24) is 5.32 Å². The van der Waals surface area contributed by atoms with Gasteiger partial charge in [0.2, 0.25) is 5.91 Å². The Kier molecular flexibility index (Phi) is 5.99. The Morgan fingerprint density at radius 2 is 1.83 bits per heavy atom. The number of rotatable bonds is 7. The van der Waals surface area contributed by atoms with E-state index in [9.17, 15) is 14.7 Å². The summed E-state index contributed by atoms with van der Waals surface area (Å²) in [6.45, 7) is 5.28. The molecule has 24 heavy (non-hydrogen) atoms. The molecule has 2 rings (SSSR count). The standard InChI is InChI=1S/C19H27NO4/c1-18(2,15-6-4-3-5-7-15)9-8-16(21)20-14-19(17(22)23)10-12-24-13-11-19/h3-7H,8-14H2,1-2H3,(H,20,21)(H,22,23). The van der Waals surface area contributed by atoms with Crippen molar-refractivity contribution in [2.75, 3.05) is 19.8 Å². The number of ether oxygens (including phenoxy) is 1. The molecule has 2 N–H and O–H groups in total. The summed E-state index contributed by atoms with van der Waals surface area (Å²) in [5, 5.41) is 12.3. The smallest absolute Gasteiger partial charge is 0.311 e. The number of benzene rings is 1. The second-order valence-corrected chi connectivity index (χ2v) is 7.22. The van der Waals surface area contributed by atoms with Crippen LogP contribution in [0.1, 0.15) is 45.1 Å². The molecule has 5 heteroatoms. The summed E-state index contributed by atoms with van der Waals surface area (Å²) in [7, 11) is 0. The average molecular weight is 333 g/mol. The van der Waals surface area contributed by atoms with E-state index in [1.165, 1.54) is 5.56 Å². The number of carboxylic acid groups (broad SMARTS) is 1. The monoisotopic (exact) mass is 333 g/mol. The Labute approximate surface area is 143 Å². The van der Waals surface area contributed by atoms with Crippen LogP contribution in [0.3, 0.4) is 0 Å². The quantitative estimate of drug-likeness (QED) is 0.804. The Balaban J connectivity index is 1.86. The van der Waals surface area contributed by atoms with Gasteiger partial charge in [-0.1, -0.05) is 44.2 Å². The molecule has 0 aliphatic carbocycles. The Bertz CT molecular complexity index is 562. The molecular weight excluding hydrogens is 306 g/mol. The van der Waals surface area contributed by atoms with Crippen LogP contribution >= 0.6 is 0 Å². The van der Waals surface area contributed by atoms with Gasteiger partial charge in [-0.15, -0.1) is 0 Å². The van der Waals surface area contributed by atoms with Gasteiger partial charge in [0.25, 0.3) is 0 Å². The first-order valence-corrected chi connectivity index (χ1v) is 8.49. The fraction of sp³-hybridized carbons (Fsp3) is 0.579. The third-order valence-electron chi connectivity index (χ3n) is 5.06. The van der Waals surface area contributed by atoms with Crippen molar-refractivity contribution in [2.24, 2.45) is 5.41 Å². The second-order valence-electron chi connectivity index (χ2n) is 7.22. The molecule has 5 nitrogen and oxygen atoms in total. The Morgan fingerprint density at radius 3 is 2.42 bits per heavy atom. The molecule has 1 aromatic carbocycles. The lowest BCUT2D eigenvalue weighted by Gasteiger charge is -2.33. The van der Waals surface area contributed by atoms with Crippen LogP contribution in [0.2, 0.25) is 0 Å².